The number of furan rings is 1. The molecule has 1 amide bonds. The average molecular weight is 529 g/mol. The first-order valence-electron chi connectivity index (χ1n) is 9.65. The minimum absolute atomic E-state index is 0.0186. The molecule has 1 atom stereocenters. The van der Waals surface area contributed by atoms with E-state index in [1.165, 1.54) is 16.2 Å². The first kappa shape index (κ1) is 21.0. The summed E-state index contributed by atoms with van der Waals surface area (Å²) in [5.41, 5.74) is 1.84. The topological polar surface area (TPSA) is 70.8 Å². The number of hydrogen-bond acceptors (Lipinski definition) is 5. The number of aliphatic hydroxyl groups excluding tert-OH is 1. The van der Waals surface area contributed by atoms with Crippen molar-refractivity contribution in [1.29, 1.82) is 0 Å². The zero-order chi connectivity index (χ0) is 22.6. The van der Waals surface area contributed by atoms with Crippen LogP contribution in [0, 0.1) is 6.92 Å². The van der Waals surface area contributed by atoms with Gasteiger partial charge in [-0.25, -0.2) is 0 Å². The molecular weight excluding hydrogens is 514 g/mol. The molecule has 0 radical (unpaired) electrons. The number of Topliss-reactive ketones (excluding diaryl/α,β-unsaturated/α-hetero) is 1. The Morgan fingerprint density at radius 2 is 2.00 bits per heavy atom. The van der Waals surface area contributed by atoms with Crippen molar-refractivity contribution in [3.8, 4) is 0 Å². The van der Waals surface area contributed by atoms with E-state index in [2.05, 4.69) is 15.9 Å². The molecule has 1 aliphatic heterocycles. The standard InChI is InChI=1S/C24H15BrClNO4S/c1-12-4-6-15(26)11-16(12)27-21(19-3-2-8-32-19)20(23(29)24(27)30)22(28)18-10-13-9-14(25)5-7-17(13)31-18/h2-11,21,29H,1H3. The number of carbonyl (C=O) groups is 2. The van der Waals surface area contributed by atoms with Crippen molar-refractivity contribution in [2.45, 2.75) is 13.0 Å². The zero-order valence-corrected chi connectivity index (χ0v) is 19.8. The van der Waals surface area contributed by atoms with E-state index in [1.54, 1.807) is 30.3 Å². The molecule has 160 valence electrons. The number of thiophene rings is 1. The second-order valence-electron chi connectivity index (χ2n) is 7.41. The Morgan fingerprint density at radius 3 is 2.75 bits per heavy atom. The third kappa shape index (κ3) is 3.37. The van der Waals surface area contributed by atoms with Gasteiger partial charge in [0, 0.05) is 25.4 Å². The van der Waals surface area contributed by atoms with Gasteiger partial charge in [0.15, 0.2) is 11.5 Å². The molecule has 1 unspecified atom stereocenters. The van der Waals surface area contributed by atoms with Gasteiger partial charge in [0.1, 0.15) is 11.6 Å². The Hall–Kier alpha value is -2.87. The molecule has 8 heteroatoms. The number of halogens is 2. The van der Waals surface area contributed by atoms with Crippen LogP contribution in [0.1, 0.15) is 27.0 Å². The minimum Gasteiger partial charge on any atom is -0.503 e. The van der Waals surface area contributed by atoms with E-state index in [-0.39, 0.29) is 11.3 Å². The van der Waals surface area contributed by atoms with Crippen molar-refractivity contribution in [1.82, 2.24) is 0 Å². The van der Waals surface area contributed by atoms with Crippen LogP contribution in [0.2, 0.25) is 5.02 Å². The molecule has 3 heterocycles. The number of rotatable bonds is 4. The Kier molecular flexibility index (Phi) is 5.20. The molecule has 0 aliphatic carbocycles. The highest BCUT2D eigenvalue weighted by Gasteiger charge is 2.46. The fraction of sp³-hybridized carbons (Fsp3) is 0.0833. The van der Waals surface area contributed by atoms with Gasteiger partial charge >= 0.3 is 0 Å². The van der Waals surface area contributed by atoms with E-state index in [9.17, 15) is 14.7 Å². The molecule has 4 aromatic rings. The number of fused-ring (bicyclic) bond motifs is 1. The quantitative estimate of drug-likeness (QED) is 0.289. The number of anilines is 1. The molecule has 0 bridgehead atoms. The van der Waals surface area contributed by atoms with E-state index in [0.29, 0.717) is 16.3 Å². The van der Waals surface area contributed by atoms with Crippen molar-refractivity contribution >= 4 is 67.2 Å². The third-order valence-corrected chi connectivity index (χ3v) is 7.05. The first-order chi connectivity index (χ1) is 15.3. The molecule has 2 aromatic carbocycles. The van der Waals surface area contributed by atoms with E-state index < -0.39 is 23.5 Å². The maximum absolute atomic E-state index is 13.6. The Morgan fingerprint density at radius 1 is 1.19 bits per heavy atom. The Bertz CT molecular complexity index is 1420. The SMILES string of the molecule is Cc1ccc(Cl)cc1N1C(=O)C(O)=C(C(=O)c2cc3cc(Br)ccc3o2)C1c1cccs1. The molecule has 1 N–H and O–H groups in total. The summed E-state index contributed by atoms with van der Waals surface area (Å²) in [5, 5.41) is 13.9. The molecule has 0 fully saturated rings. The van der Waals surface area contributed by atoms with Gasteiger partial charge in [0.2, 0.25) is 5.78 Å². The van der Waals surface area contributed by atoms with Crippen LogP contribution in [0.4, 0.5) is 5.69 Å². The highest BCUT2D eigenvalue weighted by atomic mass is 79.9. The molecule has 0 saturated heterocycles. The minimum atomic E-state index is -0.799. The normalized spacial score (nSPS) is 16.4. The number of aryl methyl sites for hydroxylation is 1. The highest BCUT2D eigenvalue weighted by molar-refractivity contribution is 9.10. The van der Waals surface area contributed by atoms with Crippen molar-refractivity contribution in [2.24, 2.45) is 0 Å². The smallest absolute Gasteiger partial charge is 0.294 e. The zero-order valence-electron chi connectivity index (χ0n) is 16.6. The van der Waals surface area contributed by atoms with Crippen LogP contribution in [0.25, 0.3) is 11.0 Å². The van der Waals surface area contributed by atoms with Crippen LogP contribution < -0.4 is 4.90 Å². The summed E-state index contributed by atoms with van der Waals surface area (Å²) in [4.78, 5) is 29.0. The summed E-state index contributed by atoms with van der Waals surface area (Å²) >= 11 is 11.0. The fourth-order valence-corrected chi connectivity index (χ4v) is 5.27. The molecule has 1 aliphatic rings. The van der Waals surface area contributed by atoms with Crippen LogP contribution in [0.3, 0.4) is 0 Å². The predicted molar refractivity (Wildman–Crippen MR) is 129 cm³/mol. The van der Waals surface area contributed by atoms with E-state index in [4.69, 9.17) is 16.0 Å². The van der Waals surface area contributed by atoms with Crippen molar-refractivity contribution in [2.75, 3.05) is 4.90 Å². The van der Waals surface area contributed by atoms with Gasteiger partial charge in [0.05, 0.1) is 5.57 Å². The largest absolute Gasteiger partial charge is 0.503 e. The molecule has 2 aromatic heterocycles. The number of ketones is 1. The second kappa shape index (κ2) is 7.92. The second-order valence-corrected chi connectivity index (χ2v) is 9.74. The van der Waals surface area contributed by atoms with Gasteiger partial charge in [-0.05, 0) is 60.3 Å². The van der Waals surface area contributed by atoms with Crippen LogP contribution >= 0.6 is 38.9 Å². The van der Waals surface area contributed by atoms with Gasteiger partial charge in [-0.1, -0.05) is 39.7 Å². The lowest BCUT2D eigenvalue weighted by Gasteiger charge is -2.27. The number of benzene rings is 2. The van der Waals surface area contributed by atoms with Crippen molar-refractivity contribution in [3.05, 3.63) is 97.0 Å². The summed E-state index contributed by atoms with van der Waals surface area (Å²) < 4.78 is 6.62. The lowest BCUT2D eigenvalue weighted by Crippen LogP contribution is -2.31. The first-order valence-corrected chi connectivity index (χ1v) is 11.7. The van der Waals surface area contributed by atoms with Gasteiger partial charge in [0.25, 0.3) is 5.91 Å². The lowest BCUT2D eigenvalue weighted by molar-refractivity contribution is -0.117. The number of aliphatic hydroxyl groups is 1. The summed E-state index contributed by atoms with van der Waals surface area (Å²) in [6.07, 6.45) is 0. The lowest BCUT2D eigenvalue weighted by atomic mass is 9.99. The van der Waals surface area contributed by atoms with E-state index >= 15 is 0 Å². The number of carbonyl (C=O) groups excluding carboxylic acids is 2. The van der Waals surface area contributed by atoms with Crippen LogP contribution in [-0.4, -0.2) is 16.8 Å². The number of hydrogen-bond donors (Lipinski definition) is 1. The van der Waals surface area contributed by atoms with Gasteiger partial charge in [-0.15, -0.1) is 11.3 Å². The van der Waals surface area contributed by atoms with Crippen LogP contribution in [0.5, 0.6) is 0 Å². The molecule has 0 saturated carbocycles. The molecule has 0 spiro atoms. The number of nitrogens with zero attached hydrogens (tertiary/aromatic N) is 1. The molecule has 5 nitrogen and oxygen atoms in total. The van der Waals surface area contributed by atoms with E-state index in [1.807, 2.05) is 36.6 Å². The highest BCUT2D eigenvalue weighted by Crippen LogP contribution is 2.45. The fourth-order valence-electron chi connectivity index (χ4n) is 3.90. The number of amides is 1. The third-order valence-electron chi connectivity index (χ3n) is 5.40. The van der Waals surface area contributed by atoms with Crippen molar-refractivity contribution in [3.63, 3.8) is 0 Å². The monoisotopic (exact) mass is 527 g/mol. The summed E-state index contributed by atoms with van der Waals surface area (Å²) in [6, 6.07) is 15.1. The summed E-state index contributed by atoms with van der Waals surface area (Å²) in [6.45, 7) is 1.85. The van der Waals surface area contributed by atoms with Gasteiger partial charge in [-0.2, -0.15) is 0 Å². The maximum atomic E-state index is 13.6. The molecule has 5 rings (SSSR count). The molecule has 32 heavy (non-hydrogen) atoms. The Labute approximate surface area is 200 Å². The maximum Gasteiger partial charge on any atom is 0.294 e. The summed E-state index contributed by atoms with van der Waals surface area (Å²) in [7, 11) is 0. The van der Waals surface area contributed by atoms with E-state index in [0.717, 1.165) is 20.3 Å². The van der Waals surface area contributed by atoms with Gasteiger partial charge < -0.3 is 9.52 Å². The van der Waals surface area contributed by atoms with Crippen molar-refractivity contribution < 1.29 is 19.1 Å². The van der Waals surface area contributed by atoms with Crippen LogP contribution in [0.15, 0.2) is 80.2 Å². The summed E-state index contributed by atoms with van der Waals surface area (Å²) in [5.74, 6) is -1.73. The average Bonchev–Trinajstić information content (AvgIpc) is 3.48. The van der Waals surface area contributed by atoms with Gasteiger partial charge in [-0.3, -0.25) is 14.5 Å². The van der Waals surface area contributed by atoms with Crippen LogP contribution in [-0.2, 0) is 4.79 Å². The Balaban J connectivity index is 1.66. The predicted octanol–water partition coefficient (Wildman–Crippen LogP) is 7.00. The molecular formula is C24H15BrClNO4S.